The summed E-state index contributed by atoms with van der Waals surface area (Å²) in [5, 5.41) is 12.6. The Labute approximate surface area is 98.1 Å². The fraction of sp³-hybridized carbons (Fsp3) is 0.250. The molecule has 0 unspecified atom stereocenters. The van der Waals surface area contributed by atoms with Crippen molar-refractivity contribution >= 4 is 17.6 Å². The minimum Gasteiger partial charge on any atom is -0.481 e. The molecule has 17 heavy (non-hydrogen) atoms. The van der Waals surface area contributed by atoms with Crippen LogP contribution in [0.25, 0.3) is 0 Å². The van der Waals surface area contributed by atoms with Crippen LogP contribution in [-0.4, -0.2) is 22.7 Å². The van der Waals surface area contributed by atoms with Crippen molar-refractivity contribution in [3.8, 4) is 0 Å². The Morgan fingerprint density at radius 2 is 2.00 bits per heavy atom. The SMILES string of the molecule is O=C(O)Cc1ccc(C2=NNC(=O)CC2)cc1. The Morgan fingerprint density at radius 1 is 1.29 bits per heavy atom. The van der Waals surface area contributed by atoms with Gasteiger partial charge < -0.3 is 5.11 Å². The lowest BCUT2D eigenvalue weighted by atomic mass is 10.0. The van der Waals surface area contributed by atoms with Gasteiger partial charge in [0.15, 0.2) is 0 Å². The molecule has 2 N–H and O–H groups in total. The molecular formula is C12H12N2O3. The summed E-state index contributed by atoms with van der Waals surface area (Å²) in [4.78, 5) is 21.5. The highest BCUT2D eigenvalue weighted by molar-refractivity contribution is 6.04. The van der Waals surface area contributed by atoms with Gasteiger partial charge in [0, 0.05) is 12.8 Å². The molecule has 1 heterocycles. The first-order valence-corrected chi connectivity index (χ1v) is 5.31. The largest absolute Gasteiger partial charge is 0.481 e. The molecule has 1 aromatic carbocycles. The Bertz CT molecular complexity index is 477. The van der Waals surface area contributed by atoms with Gasteiger partial charge in [-0.3, -0.25) is 9.59 Å². The fourth-order valence-electron chi connectivity index (χ4n) is 1.67. The normalized spacial score (nSPS) is 15.1. The average molecular weight is 232 g/mol. The van der Waals surface area contributed by atoms with Crippen LogP contribution in [0.1, 0.15) is 24.0 Å². The van der Waals surface area contributed by atoms with Crippen molar-refractivity contribution in [3.05, 3.63) is 35.4 Å². The lowest BCUT2D eigenvalue weighted by Crippen LogP contribution is -2.25. The molecule has 0 saturated heterocycles. The van der Waals surface area contributed by atoms with Crippen LogP contribution in [0.15, 0.2) is 29.4 Å². The lowest BCUT2D eigenvalue weighted by Gasteiger charge is -2.12. The molecule has 0 atom stereocenters. The van der Waals surface area contributed by atoms with E-state index in [1.807, 2.05) is 12.1 Å². The third-order valence-electron chi connectivity index (χ3n) is 2.55. The highest BCUT2D eigenvalue weighted by Crippen LogP contribution is 2.11. The van der Waals surface area contributed by atoms with Crippen molar-refractivity contribution in [2.75, 3.05) is 0 Å². The number of hydrogen-bond acceptors (Lipinski definition) is 3. The van der Waals surface area contributed by atoms with Crippen LogP contribution in [0.4, 0.5) is 0 Å². The summed E-state index contributed by atoms with van der Waals surface area (Å²) in [6.07, 6.45) is 1.07. The van der Waals surface area contributed by atoms with Gasteiger partial charge in [-0.25, -0.2) is 5.43 Å². The van der Waals surface area contributed by atoms with Crippen LogP contribution in [0, 0.1) is 0 Å². The molecule has 5 nitrogen and oxygen atoms in total. The van der Waals surface area contributed by atoms with Gasteiger partial charge in [0.2, 0.25) is 5.91 Å². The van der Waals surface area contributed by atoms with Gasteiger partial charge in [-0.05, 0) is 11.1 Å². The molecule has 0 bridgehead atoms. The molecule has 5 heteroatoms. The van der Waals surface area contributed by atoms with E-state index in [9.17, 15) is 9.59 Å². The number of carbonyl (C=O) groups is 2. The summed E-state index contributed by atoms with van der Waals surface area (Å²) < 4.78 is 0. The van der Waals surface area contributed by atoms with E-state index in [1.165, 1.54) is 0 Å². The first-order valence-electron chi connectivity index (χ1n) is 5.31. The standard InChI is InChI=1S/C12H12N2O3/c15-11-6-5-10(13-14-11)9-3-1-8(2-4-9)7-12(16)17/h1-4H,5-7H2,(H,14,15)(H,16,17). The molecule has 0 fully saturated rings. The van der Waals surface area contributed by atoms with Gasteiger partial charge in [0.05, 0.1) is 12.1 Å². The third-order valence-corrected chi connectivity index (χ3v) is 2.55. The maximum atomic E-state index is 10.9. The monoisotopic (exact) mass is 232 g/mol. The average Bonchev–Trinajstić information content (AvgIpc) is 2.30. The number of hydrazone groups is 1. The minimum atomic E-state index is -0.847. The van der Waals surface area contributed by atoms with Gasteiger partial charge in [-0.2, -0.15) is 5.10 Å². The lowest BCUT2D eigenvalue weighted by molar-refractivity contribution is -0.136. The van der Waals surface area contributed by atoms with Crippen molar-refractivity contribution in [1.29, 1.82) is 0 Å². The predicted molar refractivity (Wildman–Crippen MR) is 61.7 cm³/mol. The number of hydrogen-bond donors (Lipinski definition) is 2. The summed E-state index contributed by atoms with van der Waals surface area (Å²) in [7, 11) is 0. The minimum absolute atomic E-state index is 0.0174. The Balaban J connectivity index is 2.12. The molecule has 1 aliphatic rings. The van der Waals surface area contributed by atoms with Gasteiger partial charge in [0.1, 0.15) is 0 Å². The number of nitrogens with zero attached hydrogens (tertiary/aromatic N) is 1. The molecule has 0 aliphatic carbocycles. The zero-order chi connectivity index (χ0) is 12.3. The highest BCUT2D eigenvalue weighted by atomic mass is 16.4. The van der Waals surface area contributed by atoms with Crippen molar-refractivity contribution in [3.63, 3.8) is 0 Å². The summed E-state index contributed by atoms with van der Waals surface area (Å²) in [6, 6.07) is 7.19. The molecule has 1 aromatic rings. The molecule has 88 valence electrons. The number of amides is 1. The Hall–Kier alpha value is -2.17. The quantitative estimate of drug-likeness (QED) is 0.813. The van der Waals surface area contributed by atoms with E-state index in [4.69, 9.17) is 5.11 Å². The van der Waals surface area contributed by atoms with Crippen LogP contribution in [0.2, 0.25) is 0 Å². The number of carboxylic acids is 1. The highest BCUT2D eigenvalue weighted by Gasteiger charge is 2.13. The number of rotatable bonds is 3. The summed E-state index contributed by atoms with van der Waals surface area (Å²) in [5.74, 6) is -0.920. The Kier molecular flexibility index (Phi) is 3.18. The first-order chi connectivity index (χ1) is 8.15. The smallest absolute Gasteiger partial charge is 0.307 e. The van der Waals surface area contributed by atoms with E-state index in [1.54, 1.807) is 12.1 Å². The van der Waals surface area contributed by atoms with Crippen molar-refractivity contribution in [1.82, 2.24) is 5.43 Å². The van der Waals surface area contributed by atoms with E-state index < -0.39 is 5.97 Å². The molecule has 0 radical (unpaired) electrons. The van der Waals surface area contributed by atoms with Crippen LogP contribution in [0.5, 0.6) is 0 Å². The van der Waals surface area contributed by atoms with E-state index >= 15 is 0 Å². The Morgan fingerprint density at radius 3 is 2.53 bits per heavy atom. The van der Waals surface area contributed by atoms with Crippen molar-refractivity contribution in [2.24, 2.45) is 5.10 Å². The van der Waals surface area contributed by atoms with E-state index in [-0.39, 0.29) is 12.3 Å². The second-order valence-corrected chi connectivity index (χ2v) is 3.86. The van der Waals surface area contributed by atoms with Crippen LogP contribution < -0.4 is 5.43 Å². The van der Waals surface area contributed by atoms with Gasteiger partial charge >= 0.3 is 5.97 Å². The molecule has 2 rings (SSSR count). The number of carbonyl (C=O) groups excluding carboxylic acids is 1. The van der Waals surface area contributed by atoms with E-state index in [2.05, 4.69) is 10.5 Å². The zero-order valence-corrected chi connectivity index (χ0v) is 9.14. The van der Waals surface area contributed by atoms with E-state index in [0.29, 0.717) is 12.8 Å². The molecular weight excluding hydrogens is 220 g/mol. The van der Waals surface area contributed by atoms with Crippen molar-refractivity contribution in [2.45, 2.75) is 19.3 Å². The second kappa shape index (κ2) is 4.78. The second-order valence-electron chi connectivity index (χ2n) is 3.86. The van der Waals surface area contributed by atoms with Crippen LogP contribution in [-0.2, 0) is 16.0 Å². The summed E-state index contributed by atoms with van der Waals surface area (Å²) >= 11 is 0. The maximum absolute atomic E-state index is 10.9. The fourth-order valence-corrected chi connectivity index (χ4v) is 1.67. The maximum Gasteiger partial charge on any atom is 0.307 e. The number of nitrogens with one attached hydrogen (secondary N) is 1. The molecule has 1 amide bonds. The summed E-state index contributed by atoms with van der Waals surface area (Å²) in [6.45, 7) is 0. The van der Waals surface area contributed by atoms with Crippen molar-refractivity contribution < 1.29 is 14.7 Å². The van der Waals surface area contributed by atoms with Crippen LogP contribution in [0.3, 0.4) is 0 Å². The van der Waals surface area contributed by atoms with E-state index in [0.717, 1.165) is 16.8 Å². The molecule has 0 saturated carbocycles. The zero-order valence-electron chi connectivity index (χ0n) is 9.14. The first kappa shape index (κ1) is 11.3. The van der Waals surface area contributed by atoms with Crippen LogP contribution >= 0.6 is 0 Å². The van der Waals surface area contributed by atoms with Gasteiger partial charge in [0.25, 0.3) is 0 Å². The number of carboxylic acid groups (broad SMARTS) is 1. The molecule has 0 aromatic heterocycles. The number of benzene rings is 1. The predicted octanol–water partition coefficient (Wildman–Crippen LogP) is 0.928. The topological polar surface area (TPSA) is 78.8 Å². The third kappa shape index (κ3) is 2.90. The van der Waals surface area contributed by atoms with Gasteiger partial charge in [-0.1, -0.05) is 24.3 Å². The number of aliphatic carboxylic acids is 1. The summed E-state index contributed by atoms with van der Waals surface area (Å²) in [5.41, 5.74) is 4.93. The molecule has 0 spiro atoms. The van der Waals surface area contributed by atoms with Gasteiger partial charge in [-0.15, -0.1) is 0 Å². The molecule has 1 aliphatic heterocycles.